The van der Waals surface area contributed by atoms with E-state index in [1.54, 1.807) is 6.07 Å². The second kappa shape index (κ2) is 6.48. The molecule has 2 rings (SSSR count). The molecule has 0 saturated carbocycles. The van der Waals surface area contributed by atoms with Crippen molar-refractivity contribution in [2.24, 2.45) is 0 Å². The molecule has 0 amide bonds. The maximum absolute atomic E-state index is 12.2. The van der Waals surface area contributed by atoms with Gasteiger partial charge >= 0.3 is 5.97 Å². The molecule has 0 atom stereocenters. The molecule has 0 radical (unpaired) electrons. The highest BCUT2D eigenvalue weighted by Gasteiger charge is 2.18. The molecule has 0 unspecified atom stereocenters. The fourth-order valence-corrected chi connectivity index (χ4v) is 3.16. The zero-order valence-electron chi connectivity index (χ0n) is 11.7. The lowest BCUT2D eigenvalue weighted by Crippen LogP contribution is -2.23. The highest BCUT2D eigenvalue weighted by atomic mass is 35.5. The number of halogens is 1. The molecule has 116 valence electrons. The van der Waals surface area contributed by atoms with Gasteiger partial charge in [-0.15, -0.1) is 0 Å². The van der Waals surface area contributed by atoms with E-state index in [-0.39, 0.29) is 22.0 Å². The number of nitrogens with one attached hydrogen (secondary N) is 1. The second-order valence-corrected chi connectivity index (χ2v) is 6.93. The summed E-state index contributed by atoms with van der Waals surface area (Å²) < 4.78 is 26.9. The first-order chi connectivity index (χ1) is 10.3. The summed E-state index contributed by atoms with van der Waals surface area (Å²) in [6, 6.07) is 11.0. The zero-order valence-corrected chi connectivity index (χ0v) is 13.3. The molecule has 2 N–H and O–H groups in total. The Hall–Kier alpha value is -1.89. The molecule has 0 aliphatic heterocycles. The molecule has 0 aromatic heterocycles. The number of benzene rings is 2. The summed E-state index contributed by atoms with van der Waals surface area (Å²) in [5.41, 5.74) is 1.59. The lowest BCUT2D eigenvalue weighted by molar-refractivity contribution is 0.0697. The van der Waals surface area contributed by atoms with E-state index in [1.165, 1.54) is 12.1 Å². The fourth-order valence-electron chi connectivity index (χ4n) is 1.92. The van der Waals surface area contributed by atoms with E-state index in [0.29, 0.717) is 0 Å². The van der Waals surface area contributed by atoms with Crippen molar-refractivity contribution >= 4 is 27.6 Å². The maximum Gasteiger partial charge on any atom is 0.337 e. The van der Waals surface area contributed by atoms with Gasteiger partial charge in [-0.05, 0) is 30.7 Å². The monoisotopic (exact) mass is 339 g/mol. The summed E-state index contributed by atoms with van der Waals surface area (Å²) in [4.78, 5) is 10.9. The third-order valence-corrected chi connectivity index (χ3v) is 4.76. The largest absolute Gasteiger partial charge is 0.478 e. The molecular weight excluding hydrogens is 326 g/mol. The van der Waals surface area contributed by atoms with Crippen molar-refractivity contribution in [1.29, 1.82) is 0 Å². The first kappa shape index (κ1) is 16.5. The van der Waals surface area contributed by atoms with Crippen LogP contribution in [0.1, 0.15) is 21.5 Å². The second-order valence-electron chi connectivity index (χ2n) is 4.76. The van der Waals surface area contributed by atoms with Crippen LogP contribution in [-0.4, -0.2) is 19.5 Å². The fraction of sp³-hybridized carbons (Fsp3) is 0.133. The molecule has 22 heavy (non-hydrogen) atoms. The Morgan fingerprint density at radius 2 is 1.95 bits per heavy atom. The Balaban J connectivity index is 2.24. The third-order valence-electron chi connectivity index (χ3n) is 3.03. The van der Waals surface area contributed by atoms with Crippen molar-refractivity contribution in [3.63, 3.8) is 0 Å². The SMILES string of the molecule is Cc1cccc(CNS(=O)(=O)c2ccc(Cl)c(C(=O)O)c2)c1. The third kappa shape index (κ3) is 3.85. The number of aromatic carboxylic acids is 1. The van der Waals surface area contributed by atoms with Gasteiger partial charge in [0.15, 0.2) is 0 Å². The molecular formula is C15H14ClNO4S. The molecule has 7 heteroatoms. The summed E-state index contributed by atoms with van der Waals surface area (Å²) >= 11 is 5.74. The van der Waals surface area contributed by atoms with Crippen LogP contribution in [0.25, 0.3) is 0 Å². The van der Waals surface area contributed by atoms with Gasteiger partial charge in [0.05, 0.1) is 15.5 Å². The van der Waals surface area contributed by atoms with E-state index in [9.17, 15) is 13.2 Å². The molecule has 0 saturated heterocycles. The van der Waals surface area contributed by atoms with Gasteiger partial charge in [0.2, 0.25) is 10.0 Å². The average Bonchev–Trinajstić information content (AvgIpc) is 2.45. The summed E-state index contributed by atoms with van der Waals surface area (Å²) in [5.74, 6) is -1.28. The lowest BCUT2D eigenvalue weighted by Gasteiger charge is -2.09. The minimum Gasteiger partial charge on any atom is -0.478 e. The predicted octanol–water partition coefficient (Wildman–Crippen LogP) is 2.83. The van der Waals surface area contributed by atoms with Gasteiger partial charge in [0, 0.05) is 6.54 Å². The average molecular weight is 340 g/mol. The van der Waals surface area contributed by atoms with Gasteiger partial charge in [-0.25, -0.2) is 17.9 Å². The number of carboxylic acid groups (broad SMARTS) is 1. The Labute approximate surface area is 133 Å². The van der Waals surface area contributed by atoms with E-state index in [0.717, 1.165) is 17.2 Å². The lowest BCUT2D eigenvalue weighted by atomic mass is 10.1. The first-order valence-corrected chi connectivity index (χ1v) is 8.24. The molecule has 2 aromatic carbocycles. The van der Waals surface area contributed by atoms with Gasteiger partial charge in [-0.3, -0.25) is 0 Å². The number of carbonyl (C=O) groups is 1. The number of rotatable bonds is 5. The Morgan fingerprint density at radius 1 is 1.23 bits per heavy atom. The first-order valence-electron chi connectivity index (χ1n) is 6.37. The molecule has 5 nitrogen and oxygen atoms in total. The summed E-state index contributed by atoms with van der Waals surface area (Å²) in [6.45, 7) is 2.03. The Kier molecular flexibility index (Phi) is 4.85. The predicted molar refractivity (Wildman–Crippen MR) is 83.6 cm³/mol. The quantitative estimate of drug-likeness (QED) is 0.877. The van der Waals surface area contributed by atoms with E-state index in [4.69, 9.17) is 16.7 Å². The van der Waals surface area contributed by atoms with Crippen LogP contribution in [0, 0.1) is 6.92 Å². The normalized spacial score (nSPS) is 11.4. The summed E-state index contributed by atoms with van der Waals surface area (Å²) in [7, 11) is -3.82. The van der Waals surface area contributed by atoms with Crippen LogP contribution in [0.2, 0.25) is 5.02 Å². The van der Waals surface area contributed by atoms with Gasteiger partial charge in [0.1, 0.15) is 0 Å². The smallest absolute Gasteiger partial charge is 0.337 e. The van der Waals surface area contributed by atoms with E-state index in [1.807, 2.05) is 25.1 Å². The van der Waals surface area contributed by atoms with Crippen LogP contribution >= 0.6 is 11.6 Å². The summed E-state index contributed by atoms with van der Waals surface area (Å²) in [5, 5.41) is 8.99. The number of carboxylic acids is 1. The van der Waals surface area contributed by atoms with Crippen molar-refractivity contribution in [2.75, 3.05) is 0 Å². The minimum absolute atomic E-state index is 0.00914. The highest BCUT2D eigenvalue weighted by molar-refractivity contribution is 7.89. The Bertz CT molecular complexity index is 818. The van der Waals surface area contributed by atoms with Gasteiger partial charge < -0.3 is 5.11 Å². The van der Waals surface area contributed by atoms with E-state index < -0.39 is 16.0 Å². The van der Waals surface area contributed by atoms with Crippen LogP contribution in [0.15, 0.2) is 47.4 Å². The molecule has 0 aliphatic carbocycles. The topological polar surface area (TPSA) is 83.5 Å². The van der Waals surface area contributed by atoms with Crippen molar-refractivity contribution < 1.29 is 18.3 Å². The van der Waals surface area contributed by atoms with Crippen LogP contribution in [-0.2, 0) is 16.6 Å². The van der Waals surface area contributed by atoms with Crippen LogP contribution in [0.3, 0.4) is 0 Å². The number of aryl methyl sites for hydroxylation is 1. The molecule has 0 bridgehead atoms. The number of sulfonamides is 1. The van der Waals surface area contributed by atoms with E-state index in [2.05, 4.69) is 4.72 Å². The molecule has 0 fully saturated rings. The molecule has 2 aromatic rings. The molecule has 0 heterocycles. The number of hydrogen-bond donors (Lipinski definition) is 2. The van der Waals surface area contributed by atoms with Crippen LogP contribution in [0.4, 0.5) is 0 Å². The maximum atomic E-state index is 12.2. The summed E-state index contributed by atoms with van der Waals surface area (Å²) in [6.07, 6.45) is 0. The standard InChI is InChI=1S/C15H14ClNO4S/c1-10-3-2-4-11(7-10)9-17-22(20,21)12-5-6-14(16)13(8-12)15(18)19/h2-8,17H,9H2,1H3,(H,18,19). The molecule has 0 aliphatic rings. The highest BCUT2D eigenvalue weighted by Crippen LogP contribution is 2.20. The van der Waals surface area contributed by atoms with Gasteiger partial charge in [-0.1, -0.05) is 41.4 Å². The van der Waals surface area contributed by atoms with Gasteiger partial charge in [-0.2, -0.15) is 0 Å². The Morgan fingerprint density at radius 3 is 2.59 bits per heavy atom. The zero-order chi connectivity index (χ0) is 16.3. The van der Waals surface area contributed by atoms with Crippen LogP contribution < -0.4 is 4.72 Å². The number of hydrogen-bond acceptors (Lipinski definition) is 3. The molecule has 0 spiro atoms. The van der Waals surface area contributed by atoms with Crippen LogP contribution in [0.5, 0.6) is 0 Å². The van der Waals surface area contributed by atoms with Gasteiger partial charge in [0.25, 0.3) is 0 Å². The van der Waals surface area contributed by atoms with Crippen molar-refractivity contribution in [2.45, 2.75) is 18.4 Å². The van der Waals surface area contributed by atoms with Crippen molar-refractivity contribution in [3.05, 3.63) is 64.2 Å². The minimum atomic E-state index is -3.82. The van der Waals surface area contributed by atoms with Crippen molar-refractivity contribution in [3.8, 4) is 0 Å². The van der Waals surface area contributed by atoms with E-state index >= 15 is 0 Å². The van der Waals surface area contributed by atoms with Crippen molar-refractivity contribution in [1.82, 2.24) is 4.72 Å².